The lowest BCUT2D eigenvalue weighted by molar-refractivity contribution is -0.385. The fraction of sp³-hybridized carbons (Fsp3) is 0.462. The number of ether oxygens (including phenoxy) is 1. The number of carbonyl (C=O) groups is 1. The molecule has 0 amide bonds. The molecule has 0 aromatic heterocycles. The highest BCUT2D eigenvalue weighted by Crippen LogP contribution is 2.27. The first kappa shape index (κ1) is 15.9. The van der Waals surface area contributed by atoms with Crippen molar-refractivity contribution in [2.45, 2.75) is 32.4 Å². The molecule has 0 fully saturated rings. The number of nitrogens with zero attached hydrogens (tertiary/aromatic N) is 1. The van der Waals surface area contributed by atoms with Crippen LogP contribution in [0.5, 0.6) is 5.75 Å². The van der Waals surface area contributed by atoms with E-state index in [2.05, 4.69) is 5.32 Å². The predicted molar refractivity (Wildman–Crippen MR) is 72.8 cm³/mol. The first-order valence-corrected chi connectivity index (χ1v) is 6.27. The van der Waals surface area contributed by atoms with Gasteiger partial charge >= 0.3 is 11.7 Å². The topological polar surface area (TPSA) is 102 Å². The standard InChI is InChI=1S/C13H18N2O5/c1-3-4-10(13(16)17)14-8-9-5-6-12(20-2)11(7-9)15(18)19/h5-7,10,14H,3-4,8H2,1-2H3,(H,16,17). The number of carboxylic acids is 1. The van der Waals surface area contributed by atoms with E-state index in [1.165, 1.54) is 19.2 Å². The molecule has 0 heterocycles. The zero-order chi connectivity index (χ0) is 15.1. The van der Waals surface area contributed by atoms with E-state index in [4.69, 9.17) is 9.84 Å². The van der Waals surface area contributed by atoms with Gasteiger partial charge in [-0.1, -0.05) is 19.4 Å². The number of nitro groups is 1. The van der Waals surface area contributed by atoms with Crippen molar-refractivity contribution in [3.63, 3.8) is 0 Å². The molecule has 0 saturated carbocycles. The average Bonchev–Trinajstić information content (AvgIpc) is 2.42. The van der Waals surface area contributed by atoms with Gasteiger partial charge in [-0.05, 0) is 18.1 Å². The maximum Gasteiger partial charge on any atom is 0.320 e. The molecule has 1 unspecified atom stereocenters. The molecule has 1 aromatic rings. The van der Waals surface area contributed by atoms with Gasteiger partial charge < -0.3 is 15.2 Å². The second-order valence-corrected chi connectivity index (χ2v) is 4.32. The van der Waals surface area contributed by atoms with Gasteiger partial charge in [0.05, 0.1) is 12.0 Å². The fourth-order valence-electron chi connectivity index (χ4n) is 1.83. The molecule has 0 aliphatic carbocycles. The van der Waals surface area contributed by atoms with E-state index in [0.29, 0.717) is 12.0 Å². The second-order valence-electron chi connectivity index (χ2n) is 4.32. The van der Waals surface area contributed by atoms with Crippen molar-refractivity contribution in [3.8, 4) is 5.75 Å². The molecule has 0 saturated heterocycles. The number of aliphatic carboxylic acids is 1. The molecule has 0 aliphatic rings. The van der Waals surface area contributed by atoms with Crippen molar-refractivity contribution in [2.75, 3.05) is 7.11 Å². The molecule has 20 heavy (non-hydrogen) atoms. The van der Waals surface area contributed by atoms with Gasteiger partial charge in [-0.25, -0.2) is 0 Å². The number of rotatable bonds is 8. The van der Waals surface area contributed by atoms with Crippen molar-refractivity contribution in [2.24, 2.45) is 0 Å². The molecule has 0 radical (unpaired) electrons. The maximum atomic E-state index is 11.0. The SMILES string of the molecule is CCCC(NCc1ccc(OC)c([N+](=O)[O-])c1)C(=O)O. The van der Waals surface area contributed by atoms with Crippen LogP contribution >= 0.6 is 0 Å². The number of benzene rings is 1. The van der Waals surface area contributed by atoms with Crippen LogP contribution in [0.25, 0.3) is 0 Å². The van der Waals surface area contributed by atoms with Crippen molar-refractivity contribution in [3.05, 3.63) is 33.9 Å². The van der Waals surface area contributed by atoms with Gasteiger partial charge in [-0.2, -0.15) is 0 Å². The van der Waals surface area contributed by atoms with Crippen LogP contribution in [-0.2, 0) is 11.3 Å². The molecule has 1 aromatic carbocycles. The van der Waals surface area contributed by atoms with Crippen LogP contribution in [-0.4, -0.2) is 29.2 Å². The van der Waals surface area contributed by atoms with Crippen molar-refractivity contribution < 1.29 is 19.6 Å². The summed E-state index contributed by atoms with van der Waals surface area (Å²) in [6.07, 6.45) is 1.25. The number of hydrogen-bond acceptors (Lipinski definition) is 5. The zero-order valence-corrected chi connectivity index (χ0v) is 11.5. The van der Waals surface area contributed by atoms with Crippen LogP contribution in [0.2, 0.25) is 0 Å². The van der Waals surface area contributed by atoms with Crippen LogP contribution < -0.4 is 10.1 Å². The molecule has 1 rings (SSSR count). The molecular weight excluding hydrogens is 264 g/mol. The largest absolute Gasteiger partial charge is 0.490 e. The number of nitrogens with one attached hydrogen (secondary N) is 1. The minimum absolute atomic E-state index is 0.130. The summed E-state index contributed by atoms with van der Waals surface area (Å²) < 4.78 is 4.91. The molecule has 7 heteroatoms. The highest BCUT2D eigenvalue weighted by Gasteiger charge is 2.18. The summed E-state index contributed by atoms with van der Waals surface area (Å²) in [5, 5.41) is 22.8. The van der Waals surface area contributed by atoms with Gasteiger partial charge in [0, 0.05) is 12.6 Å². The Balaban J connectivity index is 2.80. The molecule has 7 nitrogen and oxygen atoms in total. The smallest absolute Gasteiger partial charge is 0.320 e. The third-order valence-corrected chi connectivity index (χ3v) is 2.87. The van der Waals surface area contributed by atoms with Crippen LogP contribution in [0, 0.1) is 10.1 Å². The molecule has 0 spiro atoms. The molecular formula is C13H18N2O5. The lowest BCUT2D eigenvalue weighted by atomic mass is 10.1. The summed E-state index contributed by atoms with van der Waals surface area (Å²) in [5.74, 6) is -0.739. The summed E-state index contributed by atoms with van der Waals surface area (Å²) >= 11 is 0. The Hall–Kier alpha value is -2.15. The third-order valence-electron chi connectivity index (χ3n) is 2.87. The quantitative estimate of drug-likeness (QED) is 0.558. The summed E-state index contributed by atoms with van der Waals surface area (Å²) in [4.78, 5) is 21.4. The number of hydrogen-bond donors (Lipinski definition) is 2. The van der Waals surface area contributed by atoms with Crippen molar-refractivity contribution >= 4 is 11.7 Å². The number of methoxy groups -OCH3 is 1. The Morgan fingerprint density at radius 1 is 1.55 bits per heavy atom. The Bertz CT molecular complexity index is 490. The van der Waals surface area contributed by atoms with Crippen LogP contribution in [0.1, 0.15) is 25.3 Å². The fourth-order valence-corrected chi connectivity index (χ4v) is 1.83. The summed E-state index contributed by atoms with van der Waals surface area (Å²) in [6, 6.07) is 3.91. The first-order valence-electron chi connectivity index (χ1n) is 6.27. The molecule has 0 bridgehead atoms. The highest BCUT2D eigenvalue weighted by molar-refractivity contribution is 5.73. The molecule has 0 aliphatic heterocycles. The monoisotopic (exact) mass is 282 g/mol. The van der Waals surface area contributed by atoms with Gasteiger partial charge in [0.1, 0.15) is 6.04 Å². The third kappa shape index (κ3) is 4.20. The minimum Gasteiger partial charge on any atom is -0.490 e. The van der Waals surface area contributed by atoms with Gasteiger partial charge in [0.15, 0.2) is 5.75 Å². The molecule has 2 N–H and O–H groups in total. The summed E-state index contributed by atoms with van der Waals surface area (Å²) in [7, 11) is 1.36. The molecule has 1 atom stereocenters. The van der Waals surface area contributed by atoms with E-state index in [9.17, 15) is 14.9 Å². The van der Waals surface area contributed by atoms with Crippen LogP contribution in [0.3, 0.4) is 0 Å². The van der Waals surface area contributed by atoms with E-state index >= 15 is 0 Å². The lowest BCUT2D eigenvalue weighted by Crippen LogP contribution is -2.35. The average molecular weight is 282 g/mol. The normalized spacial score (nSPS) is 11.9. The number of carboxylic acid groups (broad SMARTS) is 1. The van der Waals surface area contributed by atoms with Gasteiger partial charge in [-0.3, -0.25) is 14.9 Å². The van der Waals surface area contributed by atoms with Crippen LogP contribution in [0.15, 0.2) is 18.2 Å². The lowest BCUT2D eigenvalue weighted by Gasteiger charge is -2.13. The predicted octanol–water partition coefficient (Wildman–Crippen LogP) is 1.95. The minimum atomic E-state index is -0.921. The van der Waals surface area contributed by atoms with E-state index < -0.39 is 16.9 Å². The van der Waals surface area contributed by atoms with E-state index in [0.717, 1.165) is 6.42 Å². The zero-order valence-electron chi connectivity index (χ0n) is 11.5. The van der Waals surface area contributed by atoms with Crippen molar-refractivity contribution in [1.82, 2.24) is 5.32 Å². The molecule has 110 valence electrons. The summed E-state index contributed by atoms with van der Waals surface area (Å²) in [5.41, 5.74) is 0.508. The van der Waals surface area contributed by atoms with Gasteiger partial charge in [0.25, 0.3) is 0 Å². The van der Waals surface area contributed by atoms with E-state index in [-0.39, 0.29) is 18.0 Å². The Kier molecular flexibility index (Phi) is 5.92. The van der Waals surface area contributed by atoms with E-state index in [1.54, 1.807) is 6.07 Å². The Morgan fingerprint density at radius 2 is 2.25 bits per heavy atom. The van der Waals surface area contributed by atoms with Gasteiger partial charge in [-0.15, -0.1) is 0 Å². The second kappa shape index (κ2) is 7.44. The van der Waals surface area contributed by atoms with E-state index in [1.807, 2.05) is 6.92 Å². The number of nitro benzene ring substituents is 1. The Labute approximate surface area is 116 Å². The Morgan fingerprint density at radius 3 is 2.75 bits per heavy atom. The van der Waals surface area contributed by atoms with Crippen LogP contribution in [0.4, 0.5) is 5.69 Å². The van der Waals surface area contributed by atoms with Crippen molar-refractivity contribution in [1.29, 1.82) is 0 Å². The first-order chi connectivity index (χ1) is 9.49. The summed E-state index contributed by atoms with van der Waals surface area (Å²) in [6.45, 7) is 2.15. The maximum absolute atomic E-state index is 11.0. The van der Waals surface area contributed by atoms with Gasteiger partial charge in [0.2, 0.25) is 0 Å². The highest BCUT2D eigenvalue weighted by atomic mass is 16.6.